The molecule has 1 aromatic rings. The lowest BCUT2D eigenvalue weighted by atomic mass is 10.2. The lowest BCUT2D eigenvalue weighted by molar-refractivity contribution is 0.564. The fraction of sp³-hybridized carbons (Fsp3) is 0. The van der Waals surface area contributed by atoms with Gasteiger partial charge in [0.2, 0.25) is 6.29 Å². The maximum atomic E-state index is 9.83. The average molecular weight is 257 g/mol. The summed E-state index contributed by atoms with van der Waals surface area (Å²) in [6.07, 6.45) is 4.79. The Kier molecular flexibility index (Phi) is 3.29. The number of halogens is 1. The van der Waals surface area contributed by atoms with Gasteiger partial charge in [-0.2, -0.15) is 0 Å². The van der Waals surface area contributed by atoms with Crippen LogP contribution >= 0.6 is 22.6 Å². The summed E-state index contributed by atoms with van der Waals surface area (Å²) in [6, 6.07) is 7.89. The highest BCUT2D eigenvalue weighted by molar-refractivity contribution is 14.1. The van der Waals surface area contributed by atoms with Crippen LogP contribution in [0.15, 0.2) is 30.3 Å². The van der Waals surface area contributed by atoms with Crippen LogP contribution in [0, 0.1) is 3.57 Å². The van der Waals surface area contributed by atoms with Crippen molar-refractivity contribution in [2.75, 3.05) is 0 Å². The van der Waals surface area contributed by atoms with E-state index in [0.717, 1.165) is 5.56 Å². The van der Waals surface area contributed by atoms with E-state index in [1.165, 1.54) is 9.65 Å². The van der Waals surface area contributed by atoms with Crippen LogP contribution < -0.4 is 0 Å². The first-order valence-electron chi connectivity index (χ1n) is 3.13. The number of benzene rings is 1. The van der Waals surface area contributed by atoms with Gasteiger partial charge in [-0.15, -0.1) is 0 Å². The molecule has 1 radical (unpaired) electrons. The van der Waals surface area contributed by atoms with Gasteiger partial charge in [-0.05, 0) is 46.4 Å². The van der Waals surface area contributed by atoms with Crippen LogP contribution in [0.25, 0.3) is 6.08 Å². The van der Waals surface area contributed by atoms with Gasteiger partial charge in [-0.3, -0.25) is 4.79 Å². The summed E-state index contributed by atoms with van der Waals surface area (Å²) in [5, 5.41) is 0. The van der Waals surface area contributed by atoms with Crippen LogP contribution in [0.5, 0.6) is 0 Å². The molecule has 0 amide bonds. The zero-order valence-corrected chi connectivity index (χ0v) is 7.91. The maximum absolute atomic E-state index is 9.83. The smallest absolute Gasteiger partial charge is 0.225 e. The van der Waals surface area contributed by atoms with E-state index in [4.69, 9.17) is 0 Å². The lowest BCUT2D eigenvalue weighted by Gasteiger charge is -1.90. The highest BCUT2D eigenvalue weighted by atomic mass is 127. The second kappa shape index (κ2) is 4.28. The minimum Gasteiger partial charge on any atom is -0.286 e. The fourth-order valence-corrected chi connectivity index (χ4v) is 1.06. The van der Waals surface area contributed by atoms with Gasteiger partial charge in [0.1, 0.15) is 0 Å². The molecule has 55 valence electrons. The molecule has 0 saturated carbocycles. The Labute approximate surface area is 79.3 Å². The summed E-state index contributed by atoms with van der Waals surface area (Å²) < 4.78 is 1.19. The Morgan fingerprint density at radius 1 is 1.27 bits per heavy atom. The van der Waals surface area contributed by atoms with E-state index in [-0.39, 0.29) is 0 Å². The summed E-state index contributed by atoms with van der Waals surface area (Å²) in [7, 11) is 0. The third-order valence-electron chi connectivity index (χ3n) is 1.21. The van der Waals surface area contributed by atoms with Gasteiger partial charge in [0, 0.05) is 3.57 Å². The third-order valence-corrected chi connectivity index (χ3v) is 1.93. The van der Waals surface area contributed by atoms with Gasteiger partial charge in [-0.25, -0.2) is 0 Å². The van der Waals surface area contributed by atoms with Crippen LogP contribution in [0.2, 0.25) is 0 Å². The Bertz CT molecular complexity index is 261. The van der Waals surface area contributed by atoms with E-state index in [2.05, 4.69) is 22.6 Å². The van der Waals surface area contributed by atoms with Gasteiger partial charge in [0.15, 0.2) is 0 Å². The largest absolute Gasteiger partial charge is 0.286 e. The maximum Gasteiger partial charge on any atom is 0.225 e. The minimum atomic E-state index is 1.02. The third kappa shape index (κ3) is 2.84. The minimum absolute atomic E-state index is 1.02. The first kappa shape index (κ1) is 8.46. The number of hydrogen-bond acceptors (Lipinski definition) is 1. The molecule has 11 heavy (non-hydrogen) atoms. The molecule has 2 heteroatoms. The molecule has 0 aromatic heterocycles. The van der Waals surface area contributed by atoms with Crippen molar-refractivity contribution < 1.29 is 4.79 Å². The molecule has 0 atom stereocenters. The summed E-state index contributed by atoms with van der Waals surface area (Å²) in [5.74, 6) is 0. The summed E-state index contributed by atoms with van der Waals surface area (Å²) in [5.41, 5.74) is 1.02. The number of allylic oxidation sites excluding steroid dienone is 1. The molecule has 0 fully saturated rings. The van der Waals surface area contributed by atoms with E-state index in [1.54, 1.807) is 12.4 Å². The molecule has 1 rings (SSSR count). The molecule has 0 spiro atoms. The predicted octanol–water partition coefficient (Wildman–Crippen LogP) is 2.41. The van der Waals surface area contributed by atoms with E-state index in [0.29, 0.717) is 0 Å². The molecule has 0 aliphatic carbocycles. The molecular weight excluding hydrogens is 251 g/mol. The first-order chi connectivity index (χ1) is 5.33. The molecular formula is C9H6IO. The van der Waals surface area contributed by atoms with Crippen LogP contribution in [0.1, 0.15) is 5.56 Å². The molecule has 0 aliphatic heterocycles. The molecule has 0 heterocycles. The zero-order valence-electron chi connectivity index (χ0n) is 5.75. The summed E-state index contributed by atoms with van der Waals surface area (Å²) in [6.45, 7) is 0. The summed E-state index contributed by atoms with van der Waals surface area (Å²) >= 11 is 2.23. The lowest BCUT2D eigenvalue weighted by Crippen LogP contribution is -1.72. The number of hydrogen-bond donors (Lipinski definition) is 0. The van der Waals surface area contributed by atoms with Gasteiger partial charge in [0.05, 0.1) is 0 Å². The van der Waals surface area contributed by atoms with Crippen molar-refractivity contribution in [2.45, 2.75) is 0 Å². The van der Waals surface area contributed by atoms with Gasteiger partial charge >= 0.3 is 0 Å². The topological polar surface area (TPSA) is 17.1 Å². The Morgan fingerprint density at radius 2 is 1.91 bits per heavy atom. The van der Waals surface area contributed by atoms with Crippen molar-refractivity contribution in [1.82, 2.24) is 0 Å². The monoisotopic (exact) mass is 257 g/mol. The van der Waals surface area contributed by atoms with Crippen molar-refractivity contribution in [3.63, 3.8) is 0 Å². The van der Waals surface area contributed by atoms with E-state index < -0.39 is 0 Å². The van der Waals surface area contributed by atoms with Crippen molar-refractivity contribution in [3.05, 3.63) is 39.5 Å². The Morgan fingerprint density at radius 3 is 2.45 bits per heavy atom. The first-order valence-corrected chi connectivity index (χ1v) is 4.20. The van der Waals surface area contributed by atoms with Gasteiger partial charge in [-0.1, -0.05) is 18.2 Å². The quantitative estimate of drug-likeness (QED) is 0.587. The highest BCUT2D eigenvalue weighted by Gasteiger charge is 1.85. The van der Waals surface area contributed by atoms with E-state index >= 15 is 0 Å². The number of carbonyl (C=O) groups excluding carboxylic acids is 1. The molecule has 1 nitrogen and oxygen atoms in total. The molecule has 1 aromatic carbocycles. The summed E-state index contributed by atoms with van der Waals surface area (Å²) in [4.78, 5) is 9.83. The number of rotatable bonds is 2. The van der Waals surface area contributed by atoms with Crippen molar-refractivity contribution in [2.24, 2.45) is 0 Å². The predicted molar refractivity (Wildman–Crippen MR) is 53.9 cm³/mol. The molecule has 0 unspecified atom stereocenters. The molecule has 0 aliphatic rings. The second-order valence-corrected chi connectivity index (χ2v) is 3.25. The van der Waals surface area contributed by atoms with E-state index in [9.17, 15) is 4.79 Å². The second-order valence-electron chi connectivity index (χ2n) is 2.00. The zero-order chi connectivity index (χ0) is 8.10. The molecule has 0 saturated heterocycles. The highest BCUT2D eigenvalue weighted by Crippen LogP contribution is 2.07. The van der Waals surface area contributed by atoms with Crippen molar-refractivity contribution >= 4 is 35.0 Å². The van der Waals surface area contributed by atoms with Crippen molar-refractivity contribution in [3.8, 4) is 0 Å². The SMILES string of the molecule is O=[C]/C=C/c1ccc(I)cc1. The van der Waals surface area contributed by atoms with Crippen LogP contribution in [0.3, 0.4) is 0 Å². The molecule has 0 N–H and O–H groups in total. The molecule has 0 bridgehead atoms. The standard InChI is InChI=1S/C9H6IO/c10-9-5-3-8(4-6-9)2-1-7-11/h1-6H/b2-1+. The van der Waals surface area contributed by atoms with Crippen LogP contribution in [0.4, 0.5) is 0 Å². The van der Waals surface area contributed by atoms with Crippen LogP contribution in [-0.4, -0.2) is 6.29 Å². The van der Waals surface area contributed by atoms with Gasteiger partial charge in [0.25, 0.3) is 0 Å². The van der Waals surface area contributed by atoms with Crippen molar-refractivity contribution in [1.29, 1.82) is 0 Å². The normalized spacial score (nSPS) is 10.3. The van der Waals surface area contributed by atoms with Crippen LogP contribution in [-0.2, 0) is 4.79 Å². The average Bonchev–Trinajstić information content (AvgIpc) is 2.04. The van der Waals surface area contributed by atoms with Gasteiger partial charge < -0.3 is 0 Å². The van der Waals surface area contributed by atoms with E-state index in [1.807, 2.05) is 24.3 Å². The Balaban J connectivity index is 2.81. The Hall–Kier alpha value is -0.640. The fourth-order valence-electron chi connectivity index (χ4n) is 0.704.